The second-order valence-electron chi connectivity index (χ2n) is 10.9. The third-order valence-corrected chi connectivity index (χ3v) is 10.8. The lowest BCUT2D eigenvalue weighted by Crippen LogP contribution is -2.37. The second kappa shape index (κ2) is 10.7. The van der Waals surface area contributed by atoms with E-state index in [1.165, 1.54) is 30.2 Å². The van der Waals surface area contributed by atoms with Crippen LogP contribution in [0.3, 0.4) is 0 Å². The average Bonchev–Trinajstić information content (AvgIpc) is 3.72. The molecular formula is C23H28FN9O8P2S. The molecule has 44 heavy (non-hydrogen) atoms. The molecule has 17 nitrogen and oxygen atoms in total. The molecule has 7 rings (SSSR count). The molecule has 1 aliphatic carbocycles. The van der Waals surface area contributed by atoms with Gasteiger partial charge in [0.1, 0.15) is 41.8 Å². The lowest BCUT2D eigenvalue weighted by atomic mass is 10.1. The molecule has 10 atom stereocenters. The zero-order valence-corrected chi connectivity index (χ0v) is 25.8. The summed E-state index contributed by atoms with van der Waals surface area (Å²) >= 11 is 5.30. The Morgan fingerprint density at radius 3 is 2.55 bits per heavy atom. The molecule has 0 aromatic carbocycles. The van der Waals surface area contributed by atoms with Crippen LogP contribution in [0.4, 0.5) is 16.0 Å². The van der Waals surface area contributed by atoms with Crippen molar-refractivity contribution in [3.63, 3.8) is 0 Å². The van der Waals surface area contributed by atoms with E-state index in [0.717, 1.165) is 5.56 Å². The summed E-state index contributed by atoms with van der Waals surface area (Å²) in [6.07, 6.45) is -4.28. The Hall–Kier alpha value is -2.70. The molecular weight excluding hydrogens is 643 g/mol. The van der Waals surface area contributed by atoms with Crippen LogP contribution in [0, 0.1) is 6.92 Å². The molecule has 2 saturated heterocycles. The highest BCUT2D eigenvalue weighted by Crippen LogP contribution is 2.57. The summed E-state index contributed by atoms with van der Waals surface area (Å²) in [5.41, 5.74) is 14.1. The number of aromatic nitrogens is 7. The molecule has 3 aliphatic rings. The first kappa shape index (κ1) is 30.0. The molecule has 21 heteroatoms. The molecule has 0 radical (unpaired) electrons. The molecule has 2 unspecified atom stereocenters. The number of ether oxygens (including phenoxy) is 1. The number of anilines is 2. The van der Waals surface area contributed by atoms with E-state index in [9.17, 15) is 14.6 Å². The van der Waals surface area contributed by atoms with Crippen molar-refractivity contribution in [3.05, 3.63) is 30.7 Å². The molecule has 1 saturated carbocycles. The van der Waals surface area contributed by atoms with E-state index >= 15 is 4.39 Å². The van der Waals surface area contributed by atoms with Crippen molar-refractivity contribution >= 4 is 60.0 Å². The lowest BCUT2D eigenvalue weighted by molar-refractivity contribution is -0.0554. The fourth-order valence-corrected chi connectivity index (χ4v) is 8.96. The van der Waals surface area contributed by atoms with Crippen molar-refractivity contribution < 1.29 is 41.8 Å². The second-order valence-corrected chi connectivity index (χ2v) is 15.6. The van der Waals surface area contributed by atoms with Crippen molar-refractivity contribution in [1.82, 2.24) is 34.1 Å². The van der Waals surface area contributed by atoms with E-state index in [2.05, 4.69) is 24.9 Å². The monoisotopic (exact) mass is 671 g/mol. The van der Waals surface area contributed by atoms with E-state index < -0.39 is 69.9 Å². The van der Waals surface area contributed by atoms with Gasteiger partial charge in [0.15, 0.2) is 29.7 Å². The molecule has 6 heterocycles. The summed E-state index contributed by atoms with van der Waals surface area (Å²) in [6.45, 7) is -1.69. The zero-order valence-electron chi connectivity index (χ0n) is 23.2. The highest BCUT2D eigenvalue weighted by atomic mass is 32.5. The number of halogens is 1. The number of rotatable bonds is 2. The number of aliphatic hydroxyl groups excluding tert-OH is 1. The largest absolute Gasteiger partial charge is 0.388 e. The maximum Gasteiger partial charge on any atom is 0.328 e. The molecule has 4 aromatic rings. The minimum absolute atomic E-state index is 0.0235. The van der Waals surface area contributed by atoms with Crippen LogP contribution >= 0.6 is 14.3 Å². The van der Waals surface area contributed by atoms with Gasteiger partial charge in [-0.3, -0.25) is 13.7 Å². The Bertz CT molecular complexity index is 1860. The first-order valence-corrected chi connectivity index (χ1v) is 18.0. The highest BCUT2D eigenvalue weighted by Gasteiger charge is 2.54. The summed E-state index contributed by atoms with van der Waals surface area (Å²) in [5, 5.41) is 11.3. The van der Waals surface area contributed by atoms with Gasteiger partial charge in [-0.25, -0.2) is 29.3 Å². The Balaban J connectivity index is 1.22. The summed E-state index contributed by atoms with van der Waals surface area (Å²) in [5.74, 6) is 0.287. The smallest absolute Gasteiger partial charge is 0.328 e. The minimum atomic E-state index is -4.24. The van der Waals surface area contributed by atoms with Gasteiger partial charge in [-0.2, -0.15) is 0 Å². The Morgan fingerprint density at radius 1 is 1.02 bits per heavy atom. The van der Waals surface area contributed by atoms with Gasteiger partial charge < -0.3 is 44.3 Å². The SMILES string of the molecule is Cc1cnc(N)c2ncn([C@@H]3C[C@@H]4OP(O)(=S)O[C@H]5[C@@H](F)[C@H](n6cnc7c(N)ncnc76)O[C@@H]5COP(C)(=O)O[C@@H]3[C@@H]4O)c12. The topological polar surface area (TPSA) is 230 Å². The summed E-state index contributed by atoms with van der Waals surface area (Å²) < 4.78 is 61.9. The summed E-state index contributed by atoms with van der Waals surface area (Å²) in [7, 11) is -3.95. The fourth-order valence-electron chi connectivity index (χ4n) is 5.98. The first-order chi connectivity index (χ1) is 20.8. The van der Waals surface area contributed by atoms with Gasteiger partial charge in [0.2, 0.25) is 0 Å². The maximum absolute atomic E-state index is 16.1. The molecule has 236 valence electrons. The van der Waals surface area contributed by atoms with Crippen LogP contribution in [0.2, 0.25) is 0 Å². The van der Waals surface area contributed by atoms with Gasteiger partial charge in [-0.1, -0.05) is 0 Å². The number of fused-ring (bicyclic) bond motifs is 5. The number of alkyl halides is 1. The Morgan fingerprint density at radius 2 is 1.75 bits per heavy atom. The average molecular weight is 672 g/mol. The van der Waals surface area contributed by atoms with Crippen LogP contribution in [0.5, 0.6) is 0 Å². The standard InChI is InChI=1S/C23H28FN9O8P2S/c1-9-4-27-20(25)14-16(9)32(7-30-14)10-3-11-17(34)18(10)40-42(2,35)37-5-12-19(41-43(36,44)39-11)13(24)23(38-12)33-8-31-15-21(26)28-6-29-22(15)33/h4,6-8,10-13,17-19,23,34H,3,5H2,1-2H3,(H2,25,27)(H,36,44)(H2,26,28,29)/t10-,11+,12-,13-,17-,18+,19-,23-,42?,43?/m1/s1. The Labute approximate surface area is 253 Å². The number of nitrogens with zero attached hydrogens (tertiary/aromatic N) is 7. The van der Waals surface area contributed by atoms with Crippen LogP contribution in [-0.2, 0) is 39.2 Å². The van der Waals surface area contributed by atoms with Gasteiger partial charge in [-0.15, -0.1) is 0 Å². The molecule has 2 bridgehead atoms. The fraction of sp³-hybridized carbons (Fsp3) is 0.522. The van der Waals surface area contributed by atoms with Crippen LogP contribution in [0.25, 0.3) is 22.2 Å². The molecule has 0 spiro atoms. The lowest BCUT2D eigenvalue weighted by Gasteiger charge is -2.30. The van der Waals surface area contributed by atoms with Crippen LogP contribution in [0.1, 0.15) is 24.3 Å². The van der Waals surface area contributed by atoms with Gasteiger partial charge in [0.25, 0.3) is 0 Å². The maximum atomic E-state index is 16.1. The van der Waals surface area contributed by atoms with E-state index in [-0.39, 0.29) is 29.2 Å². The number of nitrogen functional groups attached to an aromatic ring is 2. The van der Waals surface area contributed by atoms with Crippen LogP contribution in [0.15, 0.2) is 25.2 Å². The molecule has 6 N–H and O–H groups in total. The summed E-state index contributed by atoms with van der Waals surface area (Å²) in [4.78, 5) is 31.8. The predicted octanol–water partition coefficient (Wildman–Crippen LogP) is 1.51. The number of aryl methyl sites for hydroxylation is 1. The van der Waals surface area contributed by atoms with Crippen molar-refractivity contribution in [1.29, 1.82) is 0 Å². The zero-order chi connectivity index (χ0) is 31.1. The van der Waals surface area contributed by atoms with Gasteiger partial charge in [-0.05, 0) is 24.3 Å². The van der Waals surface area contributed by atoms with Crippen molar-refractivity contribution in [2.75, 3.05) is 24.7 Å². The normalized spacial score (nSPS) is 38.0. The third kappa shape index (κ3) is 5.01. The number of hydrogen-bond donors (Lipinski definition) is 4. The Kier molecular flexibility index (Phi) is 7.28. The minimum Gasteiger partial charge on any atom is -0.388 e. The van der Waals surface area contributed by atoms with Crippen LogP contribution < -0.4 is 11.5 Å². The van der Waals surface area contributed by atoms with Crippen molar-refractivity contribution in [2.24, 2.45) is 0 Å². The molecule has 0 amide bonds. The quantitative estimate of drug-likeness (QED) is 0.221. The van der Waals surface area contributed by atoms with E-state index in [0.29, 0.717) is 11.0 Å². The summed E-state index contributed by atoms with van der Waals surface area (Å²) in [6, 6.07) is -0.717. The van der Waals surface area contributed by atoms with Gasteiger partial charge in [0.05, 0.1) is 36.9 Å². The first-order valence-electron chi connectivity index (χ1n) is 13.4. The van der Waals surface area contributed by atoms with Crippen LogP contribution in [-0.4, -0.2) is 94.0 Å². The highest BCUT2D eigenvalue weighted by molar-refractivity contribution is 8.07. The number of imidazole rings is 2. The molecule has 2 aliphatic heterocycles. The van der Waals surface area contributed by atoms with E-state index in [4.69, 9.17) is 46.1 Å². The number of hydrogen-bond acceptors (Lipinski definition) is 15. The van der Waals surface area contributed by atoms with Crippen molar-refractivity contribution in [3.8, 4) is 0 Å². The predicted molar refractivity (Wildman–Crippen MR) is 155 cm³/mol. The van der Waals surface area contributed by atoms with Gasteiger partial charge in [0, 0.05) is 19.3 Å². The molecule has 3 fully saturated rings. The number of aliphatic hydroxyl groups is 1. The molecule has 4 aromatic heterocycles. The van der Waals surface area contributed by atoms with E-state index in [1.807, 2.05) is 6.92 Å². The third-order valence-electron chi connectivity index (χ3n) is 7.97. The van der Waals surface area contributed by atoms with Gasteiger partial charge >= 0.3 is 14.3 Å². The van der Waals surface area contributed by atoms with E-state index in [1.54, 1.807) is 10.8 Å². The number of nitrogens with two attached hydrogens (primary N) is 2. The van der Waals surface area contributed by atoms with Crippen molar-refractivity contribution in [2.45, 2.75) is 62.3 Å². The number of pyridine rings is 1.